The molecule has 24 heavy (non-hydrogen) atoms. The van der Waals surface area contributed by atoms with Crippen LogP contribution in [0.25, 0.3) is 0 Å². The van der Waals surface area contributed by atoms with Gasteiger partial charge in [-0.15, -0.1) is 0 Å². The van der Waals surface area contributed by atoms with Crippen LogP contribution >= 0.6 is 0 Å². The van der Waals surface area contributed by atoms with E-state index in [4.69, 9.17) is 14.2 Å². The van der Waals surface area contributed by atoms with Crippen molar-refractivity contribution in [3.8, 4) is 17.2 Å². The van der Waals surface area contributed by atoms with Gasteiger partial charge in [0.05, 0.1) is 13.7 Å². The topological polar surface area (TPSA) is 60.0 Å². The molecule has 0 bridgehead atoms. The summed E-state index contributed by atoms with van der Waals surface area (Å²) in [6.45, 7) is 2.97. The normalized spacial score (nSPS) is 13.2. The van der Waals surface area contributed by atoms with Crippen molar-refractivity contribution in [1.29, 1.82) is 0 Å². The van der Waals surface area contributed by atoms with Gasteiger partial charge in [0.15, 0.2) is 17.6 Å². The fraction of sp³-hybridized carbons (Fsp3) is 0.368. The monoisotopic (exact) mass is 331 g/mol. The lowest BCUT2D eigenvalue weighted by Crippen LogP contribution is -2.32. The third-order valence-corrected chi connectivity index (χ3v) is 3.61. The molecule has 0 aromatic heterocycles. The Labute approximate surface area is 143 Å². The van der Waals surface area contributed by atoms with E-state index in [9.17, 15) is 5.11 Å². The molecule has 0 radical (unpaired) electrons. The van der Waals surface area contributed by atoms with Crippen LogP contribution in [-0.2, 0) is 0 Å². The van der Waals surface area contributed by atoms with Gasteiger partial charge in [-0.3, -0.25) is 0 Å². The molecule has 0 spiro atoms. The number of nitrogens with one attached hydrogen (secondary N) is 1. The summed E-state index contributed by atoms with van der Waals surface area (Å²) >= 11 is 0. The Hall–Kier alpha value is -2.24. The maximum atomic E-state index is 10.5. The van der Waals surface area contributed by atoms with Crippen LogP contribution in [0.15, 0.2) is 48.5 Å². The molecule has 2 N–H and O–H groups in total. The van der Waals surface area contributed by atoms with Gasteiger partial charge in [-0.2, -0.15) is 0 Å². The molecule has 2 rings (SSSR count). The Bertz CT molecular complexity index is 615. The number of benzene rings is 2. The molecule has 2 aromatic carbocycles. The highest BCUT2D eigenvalue weighted by Crippen LogP contribution is 2.32. The average Bonchev–Trinajstić information content (AvgIpc) is 2.61. The molecule has 0 amide bonds. The molecule has 0 aliphatic carbocycles. The minimum Gasteiger partial charge on any atom is -0.494 e. The molecular formula is C19H25NO4. The van der Waals surface area contributed by atoms with Gasteiger partial charge in [-0.05, 0) is 43.8 Å². The Morgan fingerprint density at radius 3 is 2.29 bits per heavy atom. The molecule has 0 heterocycles. The minimum atomic E-state index is -0.710. The van der Waals surface area contributed by atoms with Gasteiger partial charge in [0.25, 0.3) is 0 Å². The van der Waals surface area contributed by atoms with Crippen molar-refractivity contribution in [1.82, 2.24) is 5.32 Å². The van der Waals surface area contributed by atoms with Crippen LogP contribution in [0.4, 0.5) is 0 Å². The van der Waals surface area contributed by atoms with Crippen LogP contribution in [0.5, 0.6) is 17.2 Å². The third-order valence-electron chi connectivity index (χ3n) is 3.61. The van der Waals surface area contributed by atoms with Gasteiger partial charge in [0, 0.05) is 6.54 Å². The molecule has 0 saturated carbocycles. The molecule has 0 fully saturated rings. The summed E-state index contributed by atoms with van der Waals surface area (Å²) in [5, 5.41) is 13.5. The Balaban J connectivity index is 2.27. The lowest BCUT2D eigenvalue weighted by Gasteiger charge is -2.25. The molecule has 130 valence electrons. The maximum Gasteiger partial charge on any atom is 0.162 e. The van der Waals surface area contributed by atoms with E-state index in [0.29, 0.717) is 24.7 Å². The van der Waals surface area contributed by atoms with E-state index in [1.165, 1.54) is 0 Å². The summed E-state index contributed by atoms with van der Waals surface area (Å²) in [5.41, 5.74) is 0.868. The molecule has 0 aliphatic heterocycles. The summed E-state index contributed by atoms with van der Waals surface area (Å²) in [6.07, 6.45) is -1.23. The second-order valence-corrected chi connectivity index (χ2v) is 5.32. The van der Waals surface area contributed by atoms with Gasteiger partial charge in [-0.1, -0.05) is 24.3 Å². The number of likely N-dealkylation sites (N-methyl/N-ethyl adjacent to an activating group) is 1. The smallest absolute Gasteiger partial charge is 0.162 e. The number of aliphatic hydroxyl groups is 1. The van der Waals surface area contributed by atoms with Gasteiger partial charge in [-0.25, -0.2) is 0 Å². The predicted octanol–water partition coefficient (Wildman–Crippen LogP) is 2.79. The zero-order valence-corrected chi connectivity index (χ0v) is 14.4. The highest BCUT2D eigenvalue weighted by molar-refractivity contribution is 5.40. The maximum absolute atomic E-state index is 10.5. The largest absolute Gasteiger partial charge is 0.494 e. The first-order valence-electron chi connectivity index (χ1n) is 8.04. The number of para-hydroxylation sites is 2. The molecule has 5 nitrogen and oxygen atoms in total. The van der Waals surface area contributed by atoms with E-state index in [-0.39, 0.29) is 0 Å². The van der Waals surface area contributed by atoms with Crippen molar-refractivity contribution < 1.29 is 19.3 Å². The first-order chi connectivity index (χ1) is 11.7. The van der Waals surface area contributed by atoms with Crippen LogP contribution < -0.4 is 19.5 Å². The molecule has 0 aliphatic rings. The zero-order chi connectivity index (χ0) is 17.4. The zero-order valence-electron chi connectivity index (χ0n) is 14.4. The fourth-order valence-electron chi connectivity index (χ4n) is 2.46. The summed E-state index contributed by atoms with van der Waals surface area (Å²) in [7, 11) is 3.39. The van der Waals surface area contributed by atoms with Gasteiger partial charge in [0.1, 0.15) is 11.9 Å². The van der Waals surface area contributed by atoms with E-state index in [1.54, 1.807) is 14.2 Å². The Morgan fingerprint density at radius 2 is 1.71 bits per heavy atom. The van der Waals surface area contributed by atoms with Crippen LogP contribution in [0, 0.1) is 0 Å². The Morgan fingerprint density at radius 1 is 1.04 bits per heavy atom. The highest BCUT2D eigenvalue weighted by Gasteiger charge is 2.24. The summed E-state index contributed by atoms with van der Waals surface area (Å²) < 4.78 is 16.9. The molecule has 0 saturated heterocycles. The molecular weight excluding hydrogens is 306 g/mol. The van der Waals surface area contributed by atoms with E-state index < -0.39 is 12.2 Å². The van der Waals surface area contributed by atoms with E-state index in [0.717, 1.165) is 11.3 Å². The molecule has 2 aromatic rings. The number of aliphatic hydroxyl groups excluding tert-OH is 1. The van der Waals surface area contributed by atoms with Gasteiger partial charge in [0.2, 0.25) is 0 Å². The lowest BCUT2D eigenvalue weighted by atomic mass is 10.0. The number of methoxy groups -OCH3 is 1. The third kappa shape index (κ3) is 4.63. The number of hydrogen-bond donors (Lipinski definition) is 2. The second kappa shape index (κ2) is 9.15. The van der Waals surface area contributed by atoms with Crippen molar-refractivity contribution >= 4 is 0 Å². The average molecular weight is 331 g/mol. The summed E-state index contributed by atoms with van der Waals surface area (Å²) in [5.74, 6) is 2.01. The first kappa shape index (κ1) is 18.1. The standard InChI is InChI=1S/C19H25NO4/c1-4-23-15-11-9-14(10-12-15)19(16(21)13-20-2)24-18-8-6-5-7-17(18)22-3/h5-12,16,19-21H,4,13H2,1-3H3. The predicted molar refractivity (Wildman–Crippen MR) is 93.9 cm³/mol. The fourth-order valence-corrected chi connectivity index (χ4v) is 2.46. The number of rotatable bonds is 9. The van der Waals surface area contributed by atoms with Crippen LogP contribution in [0.3, 0.4) is 0 Å². The first-order valence-corrected chi connectivity index (χ1v) is 8.04. The lowest BCUT2D eigenvalue weighted by molar-refractivity contribution is 0.0354. The van der Waals surface area contributed by atoms with Crippen LogP contribution in [0.2, 0.25) is 0 Å². The highest BCUT2D eigenvalue weighted by atomic mass is 16.5. The number of hydrogen-bond acceptors (Lipinski definition) is 5. The van der Waals surface area contributed by atoms with Crippen LogP contribution in [0.1, 0.15) is 18.6 Å². The quantitative estimate of drug-likeness (QED) is 0.740. The van der Waals surface area contributed by atoms with Gasteiger partial charge < -0.3 is 24.6 Å². The van der Waals surface area contributed by atoms with Crippen LogP contribution in [-0.4, -0.2) is 38.5 Å². The SMILES string of the molecule is CCOc1ccc(C(Oc2ccccc2OC)C(O)CNC)cc1. The Kier molecular flexibility index (Phi) is 6.90. The molecule has 5 heteroatoms. The van der Waals surface area contributed by atoms with Crippen molar-refractivity contribution in [3.63, 3.8) is 0 Å². The van der Waals surface area contributed by atoms with Gasteiger partial charge >= 0.3 is 0 Å². The molecule has 2 unspecified atom stereocenters. The molecule has 2 atom stereocenters. The van der Waals surface area contributed by atoms with Crippen molar-refractivity contribution in [2.24, 2.45) is 0 Å². The number of ether oxygens (including phenoxy) is 3. The van der Waals surface area contributed by atoms with Crippen molar-refractivity contribution in [2.45, 2.75) is 19.1 Å². The summed E-state index contributed by atoms with van der Waals surface area (Å²) in [4.78, 5) is 0. The summed E-state index contributed by atoms with van der Waals surface area (Å²) in [6, 6.07) is 15.0. The van der Waals surface area contributed by atoms with E-state index in [2.05, 4.69) is 5.32 Å². The second-order valence-electron chi connectivity index (χ2n) is 5.32. The van der Waals surface area contributed by atoms with E-state index >= 15 is 0 Å². The minimum absolute atomic E-state index is 0.410. The van der Waals surface area contributed by atoms with E-state index in [1.807, 2.05) is 55.5 Å². The van der Waals surface area contributed by atoms with Crippen molar-refractivity contribution in [3.05, 3.63) is 54.1 Å². The van der Waals surface area contributed by atoms with Crippen molar-refractivity contribution in [2.75, 3.05) is 27.3 Å².